The van der Waals surface area contributed by atoms with Crippen LogP contribution in [0.3, 0.4) is 0 Å². The van der Waals surface area contributed by atoms with E-state index in [0.29, 0.717) is 17.2 Å². The Labute approximate surface area is 174 Å². The number of pyridine rings is 1. The van der Waals surface area contributed by atoms with Crippen LogP contribution in [0, 0.1) is 5.92 Å². The Morgan fingerprint density at radius 2 is 2.00 bits per heavy atom. The Kier molecular flexibility index (Phi) is 5.35. The van der Waals surface area contributed by atoms with E-state index in [1.165, 1.54) is 0 Å². The summed E-state index contributed by atoms with van der Waals surface area (Å²) in [5.41, 5.74) is 3.38. The fraction of sp³-hybridized carbons (Fsp3) is 0.304. The number of carbonyl (C=O) groups is 3. The van der Waals surface area contributed by atoms with Crippen LogP contribution in [0.1, 0.15) is 45.4 Å². The quantitative estimate of drug-likeness (QED) is 0.674. The molecule has 154 valence electrons. The fourth-order valence-corrected chi connectivity index (χ4v) is 3.92. The summed E-state index contributed by atoms with van der Waals surface area (Å²) in [6.07, 6.45) is 4.29. The van der Waals surface area contributed by atoms with Crippen LogP contribution in [0.4, 0.5) is 0 Å². The van der Waals surface area contributed by atoms with Crippen molar-refractivity contribution >= 4 is 28.7 Å². The molecule has 0 saturated heterocycles. The largest absolute Gasteiger partial charge is 0.452 e. The second-order valence-electron chi connectivity index (χ2n) is 7.73. The number of aromatic nitrogens is 2. The summed E-state index contributed by atoms with van der Waals surface area (Å²) in [5, 5.41) is 2.97. The lowest BCUT2D eigenvalue weighted by molar-refractivity contribution is -0.123. The van der Waals surface area contributed by atoms with Crippen molar-refractivity contribution in [1.82, 2.24) is 14.9 Å². The van der Waals surface area contributed by atoms with E-state index in [1.807, 2.05) is 24.3 Å². The minimum Gasteiger partial charge on any atom is -0.452 e. The van der Waals surface area contributed by atoms with Crippen LogP contribution in [0.25, 0.3) is 10.9 Å². The number of fused-ring (bicyclic) bond motifs is 2. The number of imide groups is 1. The van der Waals surface area contributed by atoms with Crippen LogP contribution in [0.5, 0.6) is 0 Å². The molecule has 7 nitrogen and oxygen atoms in total. The molecule has 1 N–H and O–H groups in total. The van der Waals surface area contributed by atoms with Gasteiger partial charge in [0.05, 0.1) is 11.1 Å². The first-order chi connectivity index (χ1) is 14.4. The highest BCUT2D eigenvalue weighted by Gasteiger charge is 2.26. The van der Waals surface area contributed by atoms with Crippen LogP contribution < -0.4 is 5.32 Å². The van der Waals surface area contributed by atoms with Gasteiger partial charge in [-0.3, -0.25) is 19.9 Å². The first-order valence-corrected chi connectivity index (χ1v) is 9.97. The van der Waals surface area contributed by atoms with E-state index in [0.717, 1.165) is 41.4 Å². The summed E-state index contributed by atoms with van der Waals surface area (Å²) in [4.78, 5) is 42.0. The Morgan fingerprint density at radius 1 is 1.20 bits per heavy atom. The SMILES string of the molecule is CC1CCc2nc3ccccc3c(C(=O)OCC(=O)NC(=O)c3cccn3C)c2C1. The van der Waals surface area contributed by atoms with Crippen molar-refractivity contribution in [2.24, 2.45) is 13.0 Å². The summed E-state index contributed by atoms with van der Waals surface area (Å²) < 4.78 is 6.91. The van der Waals surface area contributed by atoms with Gasteiger partial charge < -0.3 is 9.30 Å². The number of benzene rings is 1. The fourth-order valence-electron chi connectivity index (χ4n) is 3.92. The van der Waals surface area contributed by atoms with Crippen molar-refractivity contribution in [3.63, 3.8) is 0 Å². The molecule has 30 heavy (non-hydrogen) atoms. The number of hydrogen-bond donors (Lipinski definition) is 1. The topological polar surface area (TPSA) is 90.3 Å². The monoisotopic (exact) mass is 405 g/mol. The average molecular weight is 405 g/mol. The molecule has 1 aromatic carbocycles. The van der Waals surface area contributed by atoms with Crippen molar-refractivity contribution in [1.29, 1.82) is 0 Å². The number of nitrogens with zero attached hydrogens (tertiary/aromatic N) is 2. The van der Waals surface area contributed by atoms with Gasteiger partial charge >= 0.3 is 5.97 Å². The maximum Gasteiger partial charge on any atom is 0.339 e. The zero-order valence-electron chi connectivity index (χ0n) is 17.0. The molecule has 2 amide bonds. The summed E-state index contributed by atoms with van der Waals surface area (Å²) in [5.74, 6) is -1.34. The van der Waals surface area contributed by atoms with Crippen molar-refractivity contribution in [2.45, 2.75) is 26.2 Å². The number of esters is 1. The van der Waals surface area contributed by atoms with E-state index in [2.05, 4.69) is 12.2 Å². The number of hydrogen-bond acceptors (Lipinski definition) is 5. The minimum absolute atomic E-state index is 0.345. The smallest absolute Gasteiger partial charge is 0.339 e. The van der Waals surface area contributed by atoms with Gasteiger partial charge in [0, 0.05) is 24.3 Å². The summed E-state index contributed by atoms with van der Waals surface area (Å²) >= 11 is 0. The summed E-state index contributed by atoms with van der Waals surface area (Å²) in [6, 6.07) is 10.8. The van der Waals surface area contributed by atoms with Crippen LogP contribution in [-0.2, 0) is 29.4 Å². The molecule has 3 aromatic rings. The van der Waals surface area contributed by atoms with E-state index in [4.69, 9.17) is 9.72 Å². The highest BCUT2D eigenvalue weighted by Crippen LogP contribution is 2.31. The van der Waals surface area contributed by atoms with Gasteiger partial charge in [0.25, 0.3) is 11.8 Å². The molecule has 0 spiro atoms. The first kappa shape index (κ1) is 19.8. The molecule has 1 aliphatic carbocycles. The third kappa shape index (κ3) is 3.83. The Morgan fingerprint density at radius 3 is 2.77 bits per heavy atom. The first-order valence-electron chi connectivity index (χ1n) is 9.97. The van der Waals surface area contributed by atoms with Crippen molar-refractivity contribution in [3.8, 4) is 0 Å². The molecule has 0 saturated carbocycles. The molecule has 7 heteroatoms. The lowest BCUT2D eigenvalue weighted by Crippen LogP contribution is -2.35. The molecule has 2 aromatic heterocycles. The number of para-hydroxylation sites is 1. The molecular weight excluding hydrogens is 382 g/mol. The van der Waals surface area contributed by atoms with Crippen molar-refractivity contribution in [3.05, 3.63) is 65.1 Å². The third-order valence-electron chi connectivity index (χ3n) is 5.47. The predicted octanol–water partition coefficient (Wildman–Crippen LogP) is 2.81. The molecule has 0 radical (unpaired) electrons. The second kappa shape index (κ2) is 8.10. The van der Waals surface area contributed by atoms with E-state index >= 15 is 0 Å². The molecular formula is C23H23N3O4. The van der Waals surface area contributed by atoms with Gasteiger partial charge in [-0.15, -0.1) is 0 Å². The van der Waals surface area contributed by atoms with Gasteiger partial charge in [-0.05, 0) is 48.9 Å². The standard InChI is InChI=1S/C23H23N3O4/c1-14-9-10-18-16(12-14)21(15-6-3-4-7-17(15)24-18)23(29)30-13-20(27)25-22(28)19-8-5-11-26(19)2/h3-8,11,14H,9-10,12-13H2,1-2H3,(H,25,27,28). The maximum atomic E-state index is 13.0. The van der Waals surface area contributed by atoms with E-state index in [1.54, 1.807) is 29.9 Å². The molecule has 0 fully saturated rings. The third-order valence-corrected chi connectivity index (χ3v) is 5.47. The van der Waals surface area contributed by atoms with Gasteiger partial charge in [-0.2, -0.15) is 0 Å². The number of carbonyl (C=O) groups excluding carboxylic acids is 3. The van der Waals surface area contributed by atoms with Gasteiger partial charge in [-0.1, -0.05) is 25.1 Å². The predicted molar refractivity (Wildman–Crippen MR) is 111 cm³/mol. The number of rotatable bonds is 4. The number of nitrogens with one attached hydrogen (secondary N) is 1. The maximum absolute atomic E-state index is 13.0. The van der Waals surface area contributed by atoms with Crippen LogP contribution >= 0.6 is 0 Å². The van der Waals surface area contributed by atoms with Crippen LogP contribution in [0.2, 0.25) is 0 Å². The Balaban J connectivity index is 1.53. The van der Waals surface area contributed by atoms with Gasteiger partial charge in [-0.25, -0.2) is 4.79 Å². The molecule has 1 atom stereocenters. The van der Waals surface area contributed by atoms with Gasteiger partial charge in [0.1, 0.15) is 5.69 Å². The number of aryl methyl sites for hydroxylation is 2. The molecule has 0 bridgehead atoms. The molecule has 1 unspecified atom stereocenters. The molecule has 4 rings (SSSR count). The molecule has 2 heterocycles. The van der Waals surface area contributed by atoms with Crippen molar-refractivity contribution in [2.75, 3.05) is 6.61 Å². The van der Waals surface area contributed by atoms with Crippen LogP contribution in [0.15, 0.2) is 42.6 Å². The number of amides is 2. The highest BCUT2D eigenvalue weighted by molar-refractivity contribution is 6.07. The summed E-state index contributed by atoms with van der Waals surface area (Å²) in [7, 11) is 1.71. The van der Waals surface area contributed by atoms with E-state index in [9.17, 15) is 14.4 Å². The van der Waals surface area contributed by atoms with E-state index in [-0.39, 0.29) is 0 Å². The van der Waals surface area contributed by atoms with Gasteiger partial charge in [0.2, 0.25) is 0 Å². The number of ether oxygens (including phenoxy) is 1. The summed E-state index contributed by atoms with van der Waals surface area (Å²) in [6.45, 7) is 1.62. The Hall–Kier alpha value is -3.48. The average Bonchev–Trinajstić information content (AvgIpc) is 3.16. The second-order valence-corrected chi connectivity index (χ2v) is 7.73. The molecule has 0 aliphatic heterocycles. The minimum atomic E-state index is -0.671. The zero-order valence-corrected chi connectivity index (χ0v) is 17.0. The van der Waals surface area contributed by atoms with E-state index < -0.39 is 24.4 Å². The highest BCUT2D eigenvalue weighted by atomic mass is 16.5. The van der Waals surface area contributed by atoms with Crippen LogP contribution in [-0.4, -0.2) is 33.9 Å². The van der Waals surface area contributed by atoms with Gasteiger partial charge in [0.15, 0.2) is 6.61 Å². The normalized spacial score (nSPS) is 15.5. The lowest BCUT2D eigenvalue weighted by atomic mass is 9.84. The Bertz CT molecular complexity index is 1150. The molecule has 1 aliphatic rings. The van der Waals surface area contributed by atoms with Crippen molar-refractivity contribution < 1.29 is 19.1 Å². The lowest BCUT2D eigenvalue weighted by Gasteiger charge is -2.24. The zero-order chi connectivity index (χ0) is 21.3.